The van der Waals surface area contributed by atoms with E-state index in [1.165, 1.54) is 0 Å². The van der Waals surface area contributed by atoms with Crippen LogP contribution < -0.4 is 0 Å². The molecule has 2 aromatic heterocycles. The second-order valence-corrected chi connectivity index (χ2v) is 7.44. The Morgan fingerprint density at radius 1 is 1.11 bits per heavy atom. The molecule has 1 fully saturated rings. The first-order chi connectivity index (χ1) is 13.6. The first-order valence-electron chi connectivity index (χ1n) is 10.0. The van der Waals surface area contributed by atoms with Crippen LogP contribution in [-0.4, -0.2) is 61.2 Å². The van der Waals surface area contributed by atoms with Crippen molar-refractivity contribution in [3.8, 4) is 0 Å². The van der Waals surface area contributed by atoms with Crippen LogP contribution in [0, 0.1) is 0 Å². The summed E-state index contributed by atoms with van der Waals surface area (Å²) in [7, 11) is 0. The number of hydrogen-bond acceptors (Lipinski definition) is 5. The molecule has 8 nitrogen and oxygen atoms in total. The molecule has 148 valence electrons. The summed E-state index contributed by atoms with van der Waals surface area (Å²) in [4.78, 5) is 45.7. The van der Waals surface area contributed by atoms with Crippen LogP contribution in [0.3, 0.4) is 0 Å². The van der Waals surface area contributed by atoms with Crippen LogP contribution in [0.5, 0.6) is 0 Å². The minimum Gasteiger partial charge on any atom is -0.348 e. The lowest BCUT2D eigenvalue weighted by atomic mass is 9.78. The number of aryl methyl sites for hydroxylation is 1. The Balaban J connectivity index is 1.55. The number of piperidine rings is 1. The molecule has 0 unspecified atom stereocenters. The second kappa shape index (κ2) is 7.33. The van der Waals surface area contributed by atoms with Gasteiger partial charge in [-0.15, -0.1) is 0 Å². The highest BCUT2D eigenvalue weighted by Gasteiger charge is 2.48. The van der Waals surface area contributed by atoms with E-state index in [-0.39, 0.29) is 11.8 Å². The number of H-pyrrole nitrogens is 1. The van der Waals surface area contributed by atoms with Crippen molar-refractivity contribution in [2.45, 2.75) is 51.5 Å². The lowest BCUT2D eigenvalue weighted by Gasteiger charge is -2.50. The Morgan fingerprint density at radius 3 is 2.46 bits per heavy atom. The maximum Gasteiger partial charge on any atom is 0.256 e. The lowest BCUT2D eigenvalue weighted by molar-refractivity contribution is -0.141. The van der Waals surface area contributed by atoms with Crippen molar-refractivity contribution in [3.63, 3.8) is 0 Å². The number of nitrogens with one attached hydrogen (secondary N) is 1. The second-order valence-electron chi connectivity index (χ2n) is 7.44. The number of imidazole rings is 1. The van der Waals surface area contributed by atoms with Gasteiger partial charge in [-0.2, -0.15) is 0 Å². The van der Waals surface area contributed by atoms with Crippen LogP contribution in [0.4, 0.5) is 0 Å². The highest BCUT2D eigenvalue weighted by Crippen LogP contribution is 2.42. The van der Waals surface area contributed by atoms with Gasteiger partial charge in [0.2, 0.25) is 5.91 Å². The van der Waals surface area contributed by atoms with Gasteiger partial charge in [0.1, 0.15) is 5.82 Å². The Bertz CT molecular complexity index is 867. The minimum absolute atomic E-state index is 0.0519. The highest BCUT2D eigenvalue weighted by atomic mass is 16.2. The topological polar surface area (TPSA) is 95.1 Å². The van der Waals surface area contributed by atoms with E-state index in [0.29, 0.717) is 44.5 Å². The van der Waals surface area contributed by atoms with Crippen molar-refractivity contribution < 1.29 is 9.59 Å². The summed E-state index contributed by atoms with van der Waals surface area (Å²) in [5.41, 5.74) is 2.19. The molecule has 0 radical (unpaired) electrons. The summed E-state index contributed by atoms with van der Waals surface area (Å²) >= 11 is 0. The third-order valence-electron chi connectivity index (χ3n) is 6.01. The third-order valence-corrected chi connectivity index (χ3v) is 6.01. The van der Waals surface area contributed by atoms with Crippen molar-refractivity contribution >= 4 is 11.8 Å². The van der Waals surface area contributed by atoms with E-state index in [0.717, 1.165) is 30.1 Å². The summed E-state index contributed by atoms with van der Waals surface area (Å²) in [5.74, 6) is 0.831. The SMILES string of the molecule is CCC(=O)N1CCc2[nH]cnc2C12CCN(C(=O)c1cnc(CC)nc1)CC2. The maximum absolute atomic E-state index is 12.9. The van der Waals surface area contributed by atoms with Gasteiger partial charge in [-0.25, -0.2) is 15.0 Å². The van der Waals surface area contributed by atoms with E-state index in [1.807, 2.05) is 23.6 Å². The van der Waals surface area contributed by atoms with Gasteiger partial charge in [-0.1, -0.05) is 13.8 Å². The number of carbonyl (C=O) groups excluding carboxylic acids is 2. The monoisotopic (exact) mass is 382 g/mol. The zero-order valence-electron chi connectivity index (χ0n) is 16.4. The van der Waals surface area contributed by atoms with Gasteiger partial charge in [0.15, 0.2) is 0 Å². The van der Waals surface area contributed by atoms with Crippen molar-refractivity contribution in [3.05, 3.63) is 41.5 Å². The van der Waals surface area contributed by atoms with Gasteiger partial charge in [0.25, 0.3) is 5.91 Å². The van der Waals surface area contributed by atoms with E-state index in [2.05, 4.69) is 19.9 Å². The average Bonchev–Trinajstić information content (AvgIpc) is 3.24. The zero-order valence-corrected chi connectivity index (χ0v) is 16.4. The van der Waals surface area contributed by atoms with E-state index in [1.54, 1.807) is 18.7 Å². The smallest absolute Gasteiger partial charge is 0.256 e. The molecule has 28 heavy (non-hydrogen) atoms. The first-order valence-corrected chi connectivity index (χ1v) is 10.0. The van der Waals surface area contributed by atoms with E-state index in [4.69, 9.17) is 0 Å². The molecular weight excluding hydrogens is 356 g/mol. The predicted octanol–water partition coefficient (Wildman–Crippen LogP) is 1.69. The Hall–Kier alpha value is -2.77. The van der Waals surface area contributed by atoms with Crippen LogP contribution in [0.25, 0.3) is 0 Å². The number of likely N-dealkylation sites (tertiary alicyclic amines) is 1. The number of hydrogen-bond donors (Lipinski definition) is 1. The molecule has 4 heterocycles. The molecule has 0 atom stereocenters. The molecule has 0 aromatic carbocycles. The van der Waals surface area contributed by atoms with Gasteiger partial charge in [0.05, 0.1) is 23.1 Å². The summed E-state index contributed by atoms with van der Waals surface area (Å²) in [6.07, 6.45) is 8.34. The molecule has 1 N–H and O–H groups in total. The fraction of sp³-hybridized carbons (Fsp3) is 0.550. The van der Waals surface area contributed by atoms with Crippen molar-refractivity contribution in [2.75, 3.05) is 19.6 Å². The number of rotatable bonds is 3. The van der Waals surface area contributed by atoms with Crippen LogP contribution in [-0.2, 0) is 23.2 Å². The van der Waals surface area contributed by atoms with E-state index in [9.17, 15) is 9.59 Å². The standard InChI is InChI=1S/C20H26N6O2/c1-3-16-21-11-14(12-22-16)19(28)25-9-6-20(7-10-25)18-15(23-13-24-18)5-8-26(20)17(27)4-2/h11-13H,3-10H2,1-2H3,(H,23,24). The largest absolute Gasteiger partial charge is 0.348 e. The van der Waals surface area contributed by atoms with Crippen molar-refractivity contribution in [2.24, 2.45) is 0 Å². The van der Waals surface area contributed by atoms with Gasteiger partial charge in [-0.3, -0.25) is 9.59 Å². The van der Waals surface area contributed by atoms with Gasteiger partial charge in [-0.05, 0) is 12.8 Å². The predicted molar refractivity (Wildman–Crippen MR) is 103 cm³/mol. The number of carbonyl (C=O) groups is 2. The molecule has 1 saturated heterocycles. The molecule has 0 saturated carbocycles. The molecule has 0 bridgehead atoms. The third kappa shape index (κ3) is 2.96. The average molecular weight is 382 g/mol. The fourth-order valence-electron chi connectivity index (χ4n) is 4.45. The minimum atomic E-state index is -0.417. The normalized spacial score (nSPS) is 18.2. The molecular formula is C20H26N6O2. The van der Waals surface area contributed by atoms with Gasteiger partial charge < -0.3 is 14.8 Å². The Kier molecular flexibility index (Phi) is 4.87. The van der Waals surface area contributed by atoms with Crippen molar-refractivity contribution in [1.82, 2.24) is 29.7 Å². The van der Waals surface area contributed by atoms with Crippen LogP contribution in [0.2, 0.25) is 0 Å². The van der Waals surface area contributed by atoms with E-state index >= 15 is 0 Å². The van der Waals surface area contributed by atoms with Crippen molar-refractivity contribution in [1.29, 1.82) is 0 Å². The van der Waals surface area contributed by atoms with Crippen LogP contribution >= 0.6 is 0 Å². The molecule has 2 aromatic rings. The molecule has 4 rings (SSSR count). The molecule has 8 heteroatoms. The van der Waals surface area contributed by atoms with Crippen LogP contribution in [0.15, 0.2) is 18.7 Å². The quantitative estimate of drug-likeness (QED) is 0.872. The summed E-state index contributed by atoms with van der Waals surface area (Å²) < 4.78 is 0. The number of amides is 2. The van der Waals surface area contributed by atoms with E-state index < -0.39 is 5.54 Å². The number of nitrogens with zero attached hydrogens (tertiary/aromatic N) is 5. The van der Waals surface area contributed by atoms with Crippen LogP contribution in [0.1, 0.15) is 60.7 Å². The number of fused-ring (bicyclic) bond motifs is 2. The Morgan fingerprint density at radius 2 is 1.82 bits per heavy atom. The summed E-state index contributed by atoms with van der Waals surface area (Å²) in [6.45, 7) is 5.73. The highest BCUT2D eigenvalue weighted by molar-refractivity contribution is 5.93. The molecule has 2 amide bonds. The summed E-state index contributed by atoms with van der Waals surface area (Å²) in [6, 6.07) is 0. The molecule has 1 spiro atoms. The maximum atomic E-state index is 12.9. The molecule has 2 aliphatic rings. The van der Waals surface area contributed by atoms with Gasteiger partial charge in [0, 0.05) is 57.0 Å². The fourth-order valence-corrected chi connectivity index (χ4v) is 4.45. The molecule has 0 aliphatic carbocycles. The van der Waals surface area contributed by atoms with Gasteiger partial charge >= 0.3 is 0 Å². The first kappa shape index (κ1) is 18.6. The molecule has 2 aliphatic heterocycles. The number of aromatic amines is 1. The Labute approximate surface area is 164 Å². The number of aromatic nitrogens is 4. The lowest BCUT2D eigenvalue weighted by Crippen LogP contribution is -2.58. The zero-order chi connectivity index (χ0) is 19.7. The summed E-state index contributed by atoms with van der Waals surface area (Å²) in [5, 5.41) is 0.